The highest BCUT2D eigenvalue weighted by atomic mass is 19.1. The second-order valence-corrected chi connectivity index (χ2v) is 8.72. The Morgan fingerprint density at radius 1 is 1.03 bits per heavy atom. The Balaban J connectivity index is 1.55. The molecule has 180 valence electrons. The van der Waals surface area contributed by atoms with Crippen molar-refractivity contribution in [3.63, 3.8) is 0 Å². The third-order valence-corrected chi connectivity index (χ3v) is 6.60. The first-order valence-electron chi connectivity index (χ1n) is 11.5. The van der Waals surface area contributed by atoms with Gasteiger partial charge in [-0.2, -0.15) is 0 Å². The molecule has 0 saturated carbocycles. The summed E-state index contributed by atoms with van der Waals surface area (Å²) in [5.41, 5.74) is -0.378. The van der Waals surface area contributed by atoms with E-state index >= 15 is 0 Å². The first-order chi connectivity index (χ1) is 15.8. The molecule has 33 heavy (non-hydrogen) atoms. The molecule has 1 saturated heterocycles. The van der Waals surface area contributed by atoms with E-state index in [1.165, 1.54) is 31.4 Å². The summed E-state index contributed by atoms with van der Waals surface area (Å²) in [4.78, 5) is 13.7. The lowest BCUT2D eigenvalue weighted by molar-refractivity contribution is 0.0565. The van der Waals surface area contributed by atoms with Crippen LogP contribution in [0.25, 0.3) is 11.1 Å². The molecular weight excluding hydrogens is 431 g/mol. The average Bonchev–Trinajstić information content (AvgIpc) is 2.83. The Hall–Kier alpha value is -2.54. The number of alkyl halides is 1. The first-order valence-corrected chi connectivity index (χ1v) is 11.5. The maximum absolute atomic E-state index is 14.6. The number of nitrogens with zero attached hydrogens (tertiary/aromatic N) is 1. The second kappa shape index (κ2) is 11.1. The number of piperidine rings is 1. The third-order valence-electron chi connectivity index (χ3n) is 6.60. The Labute approximate surface area is 193 Å². The van der Waals surface area contributed by atoms with Crippen molar-refractivity contribution in [2.75, 3.05) is 33.4 Å². The van der Waals surface area contributed by atoms with E-state index in [0.29, 0.717) is 37.1 Å². The fourth-order valence-corrected chi connectivity index (χ4v) is 4.16. The fourth-order valence-electron chi connectivity index (χ4n) is 4.16. The van der Waals surface area contributed by atoms with Gasteiger partial charge in [0.25, 0.3) is 0 Å². The molecule has 1 fully saturated rings. The zero-order valence-electron chi connectivity index (χ0n) is 19.5. The van der Waals surface area contributed by atoms with Crippen molar-refractivity contribution < 1.29 is 27.4 Å². The van der Waals surface area contributed by atoms with E-state index < -0.39 is 23.3 Å². The van der Waals surface area contributed by atoms with Crippen LogP contribution >= 0.6 is 0 Å². The van der Waals surface area contributed by atoms with Crippen molar-refractivity contribution >= 4 is 5.97 Å². The smallest absolute Gasteiger partial charge is 0.340 e. The lowest BCUT2D eigenvalue weighted by Gasteiger charge is -2.36. The monoisotopic (exact) mass is 463 g/mol. The largest absolute Gasteiger partial charge is 0.490 e. The summed E-state index contributed by atoms with van der Waals surface area (Å²) in [7, 11) is 1.18. The Bertz CT molecular complexity index is 954. The standard InChI is InChI=1S/C26H32F3NO3/c1-4-26(29,5-2)17-30-12-10-18(11-13-30)16-33-24-9-7-20(15-23(24)28)19-6-8-21(22(27)14-19)25(31)32-3/h6-9,14-15,18H,4-5,10-13,16-17H2,1-3H3. The summed E-state index contributed by atoms with van der Waals surface area (Å²) in [6.07, 6.45) is 2.80. The van der Waals surface area contributed by atoms with Gasteiger partial charge in [-0.15, -0.1) is 0 Å². The lowest BCUT2D eigenvalue weighted by atomic mass is 9.94. The molecule has 7 heteroatoms. The van der Waals surface area contributed by atoms with E-state index in [1.54, 1.807) is 12.1 Å². The molecule has 1 aliphatic rings. The van der Waals surface area contributed by atoms with Crippen molar-refractivity contribution in [1.82, 2.24) is 4.90 Å². The van der Waals surface area contributed by atoms with E-state index in [0.717, 1.165) is 25.9 Å². The number of carbonyl (C=O) groups excluding carboxylic acids is 1. The molecule has 0 aliphatic carbocycles. The van der Waals surface area contributed by atoms with Crippen molar-refractivity contribution in [1.29, 1.82) is 0 Å². The SMILES string of the molecule is CCC(F)(CC)CN1CCC(COc2ccc(-c3ccc(C(=O)OC)c(F)c3)cc2F)CC1. The summed E-state index contributed by atoms with van der Waals surface area (Å²) in [6, 6.07) is 8.52. The number of esters is 1. The predicted octanol–water partition coefficient (Wildman–Crippen LogP) is 6.04. The van der Waals surface area contributed by atoms with Crippen LogP contribution in [-0.2, 0) is 4.74 Å². The number of methoxy groups -OCH3 is 1. The van der Waals surface area contributed by atoms with Crippen LogP contribution in [0.3, 0.4) is 0 Å². The normalized spacial score (nSPS) is 15.5. The molecule has 3 rings (SSSR count). The average molecular weight is 464 g/mol. The minimum absolute atomic E-state index is 0.146. The van der Waals surface area contributed by atoms with Crippen molar-refractivity contribution in [3.8, 4) is 16.9 Å². The van der Waals surface area contributed by atoms with E-state index in [1.807, 2.05) is 13.8 Å². The van der Waals surface area contributed by atoms with Gasteiger partial charge in [0, 0.05) is 6.54 Å². The number of benzene rings is 2. The van der Waals surface area contributed by atoms with Gasteiger partial charge in [0.05, 0.1) is 19.3 Å². The number of hydrogen-bond acceptors (Lipinski definition) is 4. The van der Waals surface area contributed by atoms with Crippen LogP contribution < -0.4 is 4.74 Å². The van der Waals surface area contributed by atoms with Crippen molar-refractivity contribution in [2.24, 2.45) is 5.92 Å². The molecule has 2 aromatic rings. The summed E-state index contributed by atoms with van der Waals surface area (Å²) in [5, 5.41) is 0. The van der Waals surface area contributed by atoms with Crippen LogP contribution in [0.4, 0.5) is 13.2 Å². The molecule has 1 heterocycles. The molecule has 0 amide bonds. The number of halogens is 3. The van der Waals surface area contributed by atoms with Gasteiger partial charge in [0.2, 0.25) is 0 Å². The van der Waals surface area contributed by atoms with Gasteiger partial charge in [-0.25, -0.2) is 18.0 Å². The van der Waals surface area contributed by atoms with Crippen molar-refractivity contribution in [3.05, 3.63) is 53.6 Å². The molecular formula is C26H32F3NO3. The summed E-state index contributed by atoms with van der Waals surface area (Å²) in [5.74, 6) is -1.59. The quantitative estimate of drug-likeness (QED) is 0.425. The second-order valence-electron chi connectivity index (χ2n) is 8.72. The van der Waals surface area contributed by atoms with Crippen molar-refractivity contribution in [2.45, 2.75) is 45.2 Å². The minimum Gasteiger partial charge on any atom is -0.490 e. The Morgan fingerprint density at radius 3 is 2.18 bits per heavy atom. The zero-order chi connectivity index (χ0) is 24.0. The molecule has 0 spiro atoms. The zero-order valence-corrected chi connectivity index (χ0v) is 19.5. The Morgan fingerprint density at radius 2 is 1.64 bits per heavy atom. The summed E-state index contributed by atoms with van der Waals surface area (Å²) in [6.45, 7) is 6.26. The predicted molar refractivity (Wildman–Crippen MR) is 122 cm³/mol. The Kier molecular flexibility index (Phi) is 8.40. The van der Waals surface area contributed by atoms with Gasteiger partial charge in [-0.05, 0) is 80.1 Å². The number of hydrogen-bond donors (Lipinski definition) is 0. The molecule has 0 bridgehead atoms. The topological polar surface area (TPSA) is 38.8 Å². The molecule has 0 N–H and O–H groups in total. The molecule has 4 nitrogen and oxygen atoms in total. The molecule has 0 atom stereocenters. The molecule has 0 aromatic heterocycles. The maximum Gasteiger partial charge on any atom is 0.340 e. The van der Waals surface area contributed by atoms with Crippen LogP contribution in [0.15, 0.2) is 36.4 Å². The number of rotatable bonds is 9. The van der Waals surface area contributed by atoms with E-state index in [9.17, 15) is 18.0 Å². The highest BCUT2D eigenvalue weighted by Crippen LogP contribution is 2.29. The number of likely N-dealkylation sites (tertiary alicyclic amines) is 1. The molecule has 1 aliphatic heterocycles. The van der Waals surface area contributed by atoms with Crippen LogP contribution in [0.5, 0.6) is 5.75 Å². The van der Waals surface area contributed by atoms with Gasteiger partial charge in [-0.1, -0.05) is 26.0 Å². The van der Waals surface area contributed by atoms with Gasteiger partial charge >= 0.3 is 5.97 Å². The summed E-state index contributed by atoms with van der Waals surface area (Å²) < 4.78 is 53.7. The highest BCUT2D eigenvalue weighted by Gasteiger charge is 2.30. The molecule has 0 radical (unpaired) electrons. The maximum atomic E-state index is 14.6. The van der Waals surface area contributed by atoms with Gasteiger partial charge < -0.3 is 14.4 Å². The van der Waals surface area contributed by atoms with Gasteiger partial charge in [0.15, 0.2) is 11.6 Å². The van der Waals surface area contributed by atoms with Crippen LogP contribution in [0, 0.1) is 17.6 Å². The number of ether oxygens (including phenoxy) is 2. The van der Waals surface area contributed by atoms with Crippen LogP contribution in [0.2, 0.25) is 0 Å². The van der Waals surface area contributed by atoms with E-state index in [4.69, 9.17) is 4.74 Å². The van der Waals surface area contributed by atoms with E-state index in [2.05, 4.69) is 9.64 Å². The van der Waals surface area contributed by atoms with Crippen LogP contribution in [0.1, 0.15) is 49.9 Å². The molecule has 0 unspecified atom stereocenters. The highest BCUT2D eigenvalue weighted by molar-refractivity contribution is 5.90. The number of carbonyl (C=O) groups is 1. The lowest BCUT2D eigenvalue weighted by Crippen LogP contribution is -2.44. The summed E-state index contributed by atoms with van der Waals surface area (Å²) >= 11 is 0. The van der Waals surface area contributed by atoms with Crippen LogP contribution in [-0.4, -0.2) is 49.9 Å². The molecule has 2 aromatic carbocycles. The third kappa shape index (κ3) is 6.28. The fraction of sp³-hybridized carbons (Fsp3) is 0.500. The van der Waals surface area contributed by atoms with E-state index in [-0.39, 0.29) is 17.2 Å². The first kappa shape index (κ1) is 25.1. The van der Waals surface area contributed by atoms with Gasteiger partial charge in [-0.3, -0.25) is 0 Å². The minimum atomic E-state index is -1.13. The van der Waals surface area contributed by atoms with Gasteiger partial charge in [0.1, 0.15) is 11.5 Å².